The van der Waals surface area contributed by atoms with Crippen LogP contribution in [0.15, 0.2) is 84.2 Å². The van der Waals surface area contributed by atoms with Crippen LogP contribution in [-0.4, -0.2) is 44.0 Å². The molecule has 12 nitrogen and oxygen atoms in total. The van der Waals surface area contributed by atoms with Gasteiger partial charge in [-0.15, -0.1) is 0 Å². The number of imidazole rings is 1. The van der Waals surface area contributed by atoms with E-state index in [1.165, 1.54) is 12.4 Å². The topological polar surface area (TPSA) is 160 Å². The Labute approximate surface area is 247 Å². The molecule has 3 aromatic heterocycles. The number of nitrogens with zero attached hydrogens (tertiary/aromatic N) is 6. The summed E-state index contributed by atoms with van der Waals surface area (Å²) < 4.78 is 30.8. The fraction of sp³-hybridized carbons (Fsp3) is 0.167. The second kappa shape index (κ2) is 11.3. The van der Waals surface area contributed by atoms with Crippen molar-refractivity contribution in [3.63, 3.8) is 0 Å². The average Bonchev–Trinajstić information content (AvgIpc) is 3.37. The van der Waals surface area contributed by atoms with Crippen LogP contribution < -0.4 is 20.2 Å². The molecular weight excluding hydrogens is 568 g/mol. The van der Waals surface area contributed by atoms with Gasteiger partial charge in [-0.1, -0.05) is 42.5 Å². The van der Waals surface area contributed by atoms with Gasteiger partial charge in [0.1, 0.15) is 23.4 Å². The van der Waals surface area contributed by atoms with Crippen LogP contribution in [0, 0.1) is 13.8 Å². The number of hydrogen-bond acceptors (Lipinski definition) is 9. The maximum Gasteiger partial charge on any atom is 0.380 e. The molecule has 0 aliphatic heterocycles. The molecule has 0 fully saturated rings. The van der Waals surface area contributed by atoms with Crippen LogP contribution >= 0.6 is 0 Å². The van der Waals surface area contributed by atoms with Crippen molar-refractivity contribution >= 4 is 38.2 Å². The number of hydrogen-bond donors (Lipinski definition) is 2. The third-order valence-electron chi connectivity index (χ3n) is 7.06. The predicted molar refractivity (Wildman–Crippen MR) is 164 cm³/mol. The van der Waals surface area contributed by atoms with Gasteiger partial charge in [0.05, 0.1) is 29.5 Å². The lowest BCUT2D eigenvalue weighted by molar-refractivity contribution is 0.487. The van der Waals surface area contributed by atoms with Crippen molar-refractivity contribution in [1.29, 1.82) is 0 Å². The summed E-state index contributed by atoms with van der Waals surface area (Å²) in [6.07, 6.45) is 3.67. The molecule has 6 rings (SSSR count). The maximum absolute atomic E-state index is 13.9. The highest BCUT2D eigenvalue weighted by molar-refractivity contribution is 7.84. The zero-order chi connectivity index (χ0) is 30.1. The number of fused-ring (bicyclic) bond motifs is 2. The molecule has 0 spiro atoms. The van der Waals surface area contributed by atoms with Gasteiger partial charge in [0, 0.05) is 6.54 Å². The van der Waals surface area contributed by atoms with Crippen LogP contribution in [0.3, 0.4) is 0 Å². The first-order chi connectivity index (χ1) is 20.7. The van der Waals surface area contributed by atoms with Gasteiger partial charge in [-0.05, 0) is 61.2 Å². The standard InChI is InChI=1S/C30H28N8O4S/c1-19-7-3-4-12-24(19)38-25(36-23-11-5-8-20(2)26(23)30(38)39)16-37-18-35-27-28(33-17-34-29(27)37)32-14-13-21-9-6-10-22(15-21)42-43(31,40)41/h3-12,15,17-18H,13-14,16H2,1-2H3,(H2,31,40,41)(H,32,33,34). The first-order valence-electron chi connectivity index (χ1n) is 13.5. The Balaban J connectivity index is 1.31. The molecule has 0 saturated carbocycles. The van der Waals surface area contributed by atoms with E-state index in [-0.39, 0.29) is 17.9 Å². The van der Waals surface area contributed by atoms with Gasteiger partial charge in [-0.3, -0.25) is 9.36 Å². The zero-order valence-electron chi connectivity index (χ0n) is 23.4. The van der Waals surface area contributed by atoms with E-state index in [0.29, 0.717) is 46.7 Å². The summed E-state index contributed by atoms with van der Waals surface area (Å²) in [5.41, 5.74) is 5.07. The molecular formula is C30H28N8O4S. The third-order valence-corrected chi connectivity index (χ3v) is 7.49. The SMILES string of the molecule is Cc1ccccc1-n1c(Cn2cnc3c(NCCc4cccc(OS(N)(=O)=O)c4)ncnc32)nc2cccc(C)c2c1=O. The largest absolute Gasteiger partial charge is 0.380 e. The number of nitrogens with one attached hydrogen (secondary N) is 1. The van der Waals surface area contributed by atoms with Gasteiger partial charge in [0.15, 0.2) is 11.5 Å². The molecule has 0 saturated heterocycles. The lowest BCUT2D eigenvalue weighted by atomic mass is 10.1. The fourth-order valence-electron chi connectivity index (χ4n) is 5.10. The Morgan fingerprint density at radius 3 is 2.56 bits per heavy atom. The monoisotopic (exact) mass is 596 g/mol. The minimum atomic E-state index is -4.10. The molecule has 3 N–H and O–H groups in total. The number of benzene rings is 3. The molecule has 0 bridgehead atoms. The van der Waals surface area contributed by atoms with Crippen LogP contribution in [0.5, 0.6) is 5.75 Å². The smallest absolute Gasteiger partial charge is 0.371 e. The highest BCUT2D eigenvalue weighted by Gasteiger charge is 2.18. The summed E-state index contributed by atoms with van der Waals surface area (Å²) in [6, 6.07) is 20.1. The van der Waals surface area contributed by atoms with Gasteiger partial charge < -0.3 is 14.1 Å². The van der Waals surface area contributed by atoms with Crippen LogP contribution in [0.4, 0.5) is 5.82 Å². The van der Waals surface area contributed by atoms with E-state index in [2.05, 4.69) is 20.3 Å². The lowest BCUT2D eigenvalue weighted by Crippen LogP contribution is -2.26. The molecule has 0 aliphatic rings. The number of aromatic nitrogens is 6. The Bertz CT molecular complexity index is 2160. The van der Waals surface area contributed by atoms with Crippen molar-refractivity contribution in [3.8, 4) is 11.4 Å². The molecule has 13 heteroatoms. The molecule has 0 atom stereocenters. The molecule has 0 amide bonds. The summed E-state index contributed by atoms with van der Waals surface area (Å²) in [5.74, 6) is 1.23. The zero-order valence-corrected chi connectivity index (χ0v) is 24.2. The normalized spacial score (nSPS) is 11.7. The van der Waals surface area contributed by atoms with Crippen molar-refractivity contribution in [2.24, 2.45) is 5.14 Å². The number of rotatable bonds is 9. The van der Waals surface area contributed by atoms with Gasteiger partial charge in [-0.25, -0.2) is 19.9 Å². The molecule has 0 unspecified atom stereocenters. The van der Waals surface area contributed by atoms with E-state index in [4.69, 9.17) is 14.3 Å². The van der Waals surface area contributed by atoms with E-state index < -0.39 is 10.3 Å². The second-order valence-corrected chi connectivity index (χ2v) is 11.2. The lowest BCUT2D eigenvalue weighted by Gasteiger charge is -2.16. The van der Waals surface area contributed by atoms with Gasteiger partial charge in [-0.2, -0.15) is 13.6 Å². The summed E-state index contributed by atoms with van der Waals surface area (Å²) >= 11 is 0. The molecule has 0 radical (unpaired) electrons. The number of aryl methyl sites for hydroxylation is 2. The summed E-state index contributed by atoms with van der Waals surface area (Å²) in [4.78, 5) is 32.3. The van der Waals surface area contributed by atoms with E-state index in [1.807, 2.05) is 66.9 Å². The van der Waals surface area contributed by atoms with E-state index in [0.717, 1.165) is 22.4 Å². The predicted octanol–water partition coefficient (Wildman–Crippen LogP) is 3.43. The number of para-hydroxylation sites is 1. The summed E-state index contributed by atoms with van der Waals surface area (Å²) in [5, 5.41) is 8.84. The van der Waals surface area contributed by atoms with Crippen LogP contribution in [0.2, 0.25) is 0 Å². The van der Waals surface area contributed by atoms with Crippen molar-refractivity contribution in [2.45, 2.75) is 26.8 Å². The molecule has 3 heterocycles. The minimum Gasteiger partial charge on any atom is -0.371 e. The molecule has 6 aromatic rings. The van der Waals surface area contributed by atoms with Gasteiger partial charge in [0.25, 0.3) is 5.56 Å². The van der Waals surface area contributed by atoms with Crippen LogP contribution in [0.25, 0.3) is 27.8 Å². The van der Waals surface area contributed by atoms with E-state index >= 15 is 0 Å². The van der Waals surface area contributed by atoms with Crippen molar-refractivity contribution < 1.29 is 12.6 Å². The number of nitrogens with two attached hydrogens (primary N) is 1. The Morgan fingerprint density at radius 2 is 1.74 bits per heavy atom. The maximum atomic E-state index is 13.9. The Morgan fingerprint density at radius 1 is 0.953 bits per heavy atom. The fourth-order valence-corrected chi connectivity index (χ4v) is 5.47. The molecule has 0 aliphatic carbocycles. The Hall–Kier alpha value is -5.14. The van der Waals surface area contributed by atoms with E-state index in [9.17, 15) is 13.2 Å². The molecule has 3 aromatic carbocycles. The first-order valence-corrected chi connectivity index (χ1v) is 14.9. The first kappa shape index (κ1) is 28.0. The highest BCUT2D eigenvalue weighted by Crippen LogP contribution is 2.22. The highest BCUT2D eigenvalue weighted by atomic mass is 32.2. The average molecular weight is 597 g/mol. The number of anilines is 1. The van der Waals surface area contributed by atoms with Crippen LogP contribution in [0.1, 0.15) is 22.5 Å². The van der Waals surface area contributed by atoms with Crippen molar-refractivity contribution in [3.05, 3.63) is 112 Å². The second-order valence-electron chi connectivity index (χ2n) is 10.1. The Kier molecular flexibility index (Phi) is 7.34. The van der Waals surface area contributed by atoms with Gasteiger partial charge >= 0.3 is 10.3 Å². The van der Waals surface area contributed by atoms with Crippen molar-refractivity contribution in [1.82, 2.24) is 29.1 Å². The minimum absolute atomic E-state index is 0.132. The molecule has 218 valence electrons. The van der Waals surface area contributed by atoms with Crippen molar-refractivity contribution in [2.75, 3.05) is 11.9 Å². The third kappa shape index (κ3) is 5.80. The van der Waals surface area contributed by atoms with Gasteiger partial charge in [0.2, 0.25) is 0 Å². The van der Waals surface area contributed by atoms with E-state index in [1.54, 1.807) is 23.0 Å². The quantitative estimate of drug-likeness (QED) is 0.255. The summed E-state index contributed by atoms with van der Waals surface area (Å²) in [6.45, 7) is 4.61. The summed E-state index contributed by atoms with van der Waals surface area (Å²) in [7, 11) is -4.10. The van der Waals surface area contributed by atoms with Crippen LogP contribution in [-0.2, 0) is 23.3 Å². The molecule has 43 heavy (non-hydrogen) atoms.